The van der Waals surface area contributed by atoms with Crippen LogP contribution in [0.5, 0.6) is 17.2 Å². The van der Waals surface area contributed by atoms with Crippen LogP contribution in [0, 0.1) is 0 Å². The van der Waals surface area contributed by atoms with Gasteiger partial charge in [-0.15, -0.1) is 0 Å². The van der Waals surface area contributed by atoms with Gasteiger partial charge >= 0.3 is 5.97 Å². The molecule has 0 saturated carbocycles. The van der Waals surface area contributed by atoms with Gasteiger partial charge in [-0.2, -0.15) is 0 Å². The minimum Gasteiger partial charge on any atom is -0.493 e. The maximum absolute atomic E-state index is 12.8. The summed E-state index contributed by atoms with van der Waals surface area (Å²) in [7, 11) is 0. The van der Waals surface area contributed by atoms with E-state index in [-0.39, 0.29) is 17.0 Å². The van der Waals surface area contributed by atoms with Crippen LogP contribution in [0.4, 0.5) is 5.69 Å². The van der Waals surface area contributed by atoms with Crippen LogP contribution in [-0.2, 0) is 4.79 Å². The van der Waals surface area contributed by atoms with Crippen molar-refractivity contribution < 1.29 is 24.2 Å². The summed E-state index contributed by atoms with van der Waals surface area (Å²) in [6.45, 7) is 1.87. The number of carbonyl (C=O) groups excluding carboxylic acids is 1. The Morgan fingerprint density at radius 1 is 1.06 bits per heavy atom. The maximum atomic E-state index is 12.8. The summed E-state index contributed by atoms with van der Waals surface area (Å²) in [4.78, 5) is 26.5. The largest absolute Gasteiger partial charge is 0.493 e. The third-order valence-corrected chi connectivity index (χ3v) is 6.97. The molecule has 9 heteroatoms. The summed E-state index contributed by atoms with van der Waals surface area (Å²) in [5.41, 5.74) is 2.11. The summed E-state index contributed by atoms with van der Waals surface area (Å²) in [5, 5.41) is 13.5. The number of halogens is 2. The fourth-order valence-corrected chi connectivity index (χ4v) is 4.98. The highest BCUT2D eigenvalue weighted by Crippen LogP contribution is 2.41. The van der Waals surface area contributed by atoms with E-state index in [1.54, 1.807) is 36.4 Å². The van der Waals surface area contributed by atoms with Crippen molar-refractivity contribution in [1.29, 1.82) is 0 Å². The molecule has 0 aliphatic carbocycles. The number of hydrogen-bond donors (Lipinski definition) is 2. The molecule has 2 atom stereocenters. The van der Waals surface area contributed by atoms with Crippen LogP contribution >= 0.6 is 23.2 Å². The average Bonchev–Trinajstić information content (AvgIpc) is 3.33. The van der Waals surface area contributed by atoms with Crippen LogP contribution in [0.1, 0.15) is 34.7 Å². The lowest BCUT2D eigenvalue weighted by Gasteiger charge is -2.24. The number of nitrogens with one attached hydrogen (secondary N) is 1. The Bertz CT molecular complexity index is 1300. The van der Waals surface area contributed by atoms with E-state index in [4.69, 9.17) is 32.7 Å². The van der Waals surface area contributed by atoms with Crippen LogP contribution in [0.25, 0.3) is 0 Å². The highest BCUT2D eigenvalue weighted by molar-refractivity contribution is 6.32. The molecule has 1 fully saturated rings. The van der Waals surface area contributed by atoms with Gasteiger partial charge in [0, 0.05) is 47.0 Å². The Hall–Kier alpha value is -3.42. The van der Waals surface area contributed by atoms with E-state index in [1.807, 2.05) is 24.3 Å². The van der Waals surface area contributed by atoms with Crippen LogP contribution in [-0.4, -0.2) is 42.7 Å². The van der Waals surface area contributed by atoms with Gasteiger partial charge in [-0.25, -0.2) is 0 Å². The molecule has 1 amide bonds. The first-order valence-electron chi connectivity index (χ1n) is 11.7. The van der Waals surface area contributed by atoms with E-state index in [0.29, 0.717) is 46.4 Å². The van der Waals surface area contributed by atoms with Gasteiger partial charge in [-0.3, -0.25) is 9.59 Å². The van der Waals surface area contributed by atoms with Gasteiger partial charge in [0.2, 0.25) is 0 Å². The lowest BCUT2D eigenvalue weighted by atomic mass is 9.93. The van der Waals surface area contributed by atoms with Gasteiger partial charge in [0.25, 0.3) is 5.91 Å². The zero-order valence-corrected chi connectivity index (χ0v) is 20.8. The number of anilines is 1. The number of rotatable bonds is 6. The fourth-order valence-electron chi connectivity index (χ4n) is 4.58. The topological polar surface area (TPSA) is 88.1 Å². The lowest BCUT2D eigenvalue weighted by Crippen LogP contribution is -2.37. The van der Waals surface area contributed by atoms with Crippen molar-refractivity contribution in [2.75, 3.05) is 24.6 Å². The Balaban J connectivity index is 1.21. The number of carboxylic acid groups (broad SMARTS) is 1. The quantitative estimate of drug-likeness (QED) is 0.425. The number of amides is 1. The molecule has 3 aromatic rings. The summed E-state index contributed by atoms with van der Waals surface area (Å²) in [5.74, 6) is -0.423. The molecule has 2 heterocycles. The van der Waals surface area contributed by atoms with E-state index in [1.165, 1.54) is 0 Å². The highest BCUT2D eigenvalue weighted by atomic mass is 35.5. The van der Waals surface area contributed by atoms with Crippen molar-refractivity contribution in [3.63, 3.8) is 0 Å². The van der Waals surface area contributed by atoms with Crippen molar-refractivity contribution in [1.82, 2.24) is 5.32 Å². The van der Waals surface area contributed by atoms with Crippen molar-refractivity contribution in [3.8, 4) is 17.2 Å². The zero-order chi connectivity index (χ0) is 25.2. The number of hydrogen-bond acceptors (Lipinski definition) is 5. The lowest BCUT2D eigenvalue weighted by molar-refractivity contribution is -0.139. The average molecular weight is 527 g/mol. The first-order valence-corrected chi connectivity index (χ1v) is 12.4. The first-order chi connectivity index (χ1) is 17.4. The first kappa shape index (κ1) is 24.3. The molecule has 186 valence electrons. The second-order valence-corrected chi connectivity index (χ2v) is 9.70. The Kier molecular flexibility index (Phi) is 6.94. The minimum atomic E-state index is -0.909. The van der Waals surface area contributed by atoms with Crippen molar-refractivity contribution >= 4 is 40.8 Å². The van der Waals surface area contributed by atoms with Gasteiger partial charge in [-0.1, -0.05) is 29.3 Å². The molecule has 36 heavy (non-hydrogen) atoms. The summed E-state index contributed by atoms with van der Waals surface area (Å²) in [6.07, 6.45) is 1.24. The molecule has 7 nitrogen and oxygen atoms in total. The number of carbonyl (C=O) groups is 2. The molecule has 5 rings (SSSR count). The SMILES string of the molecule is O=C(NC1CCN(c2cccc(Cl)c2)C1)c1ccc(Oc2cc3c(cc2Cl)C(C(=O)O)CCO3)cc1. The van der Waals surface area contributed by atoms with Crippen LogP contribution in [0.2, 0.25) is 10.0 Å². The van der Waals surface area contributed by atoms with Crippen molar-refractivity contribution in [2.24, 2.45) is 0 Å². The van der Waals surface area contributed by atoms with Gasteiger partial charge in [0.05, 0.1) is 17.5 Å². The number of aliphatic carboxylic acids is 1. The normalized spacial score (nSPS) is 18.8. The third kappa shape index (κ3) is 5.22. The number of carboxylic acids is 1. The molecule has 0 aromatic heterocycles. The van der Waals surface area contributed by atoms with E-state index >= 15 is 0 Å². The second-order valence-electron chi connectivity index (χ2n) is 8.86. The van der Waals surface area contributed by atoms with Gasteiger partial charge in [0.15, 0.2) is 0 Å². The zero-order valence-electron chi connectivity index (χ0n) is 19.2. The molecule has 2 N–H and O–H groups in total. The summed E-state index contributed by atoms with van der Waals surface area (Å²) >= 11 is 12.5. The van der Waals surface area contributed by atoms with Gasteiger partial charge in [-0.05, 0) is 61.4 Å². The standard InChI is InChI=1S/C27H24Cl2N2O5/c28-17-2-1-3-19(12-17)31-10-8-18(15-31)30-26(32)16-4-6-20(7-5-16)36-25-14-24-22(13-23(25)29)21(27(33)34)9-11-35-24/h1-7,12-14,18,21H,8-11,15H2,(H,30,32)(H,33,34). The third-order valence-electron chi connectivity index (χ3n) is 6.44. The number of fused-ring (bicyclic) bond motifs is 1. The predicted octanol–water partition coefficient (Wildman–Crippen LogP) is 5.75. The van der Waals surface area contributed by atoms with E-state index in [0.717, 1.165) is 25.2 Å². The number of benzene rings is 3. The molecule has 0 spiro atoms. The maximum Gasteiger partial charge on any atom is 0.311 e. The Labute approximate surface area is 218 Å². The molecule has 2 aliphatic rings. The molecule has 1 saturated heterocycles. The van der Waals surface area contributed by atoms with Gasteiger partial charge < -0.3 is 24.8 Å². The van der Waals surface area contributed by atoms with Crippen LogP contribution in [0.15, 0.2) is 60.7 Å². The molecule has 2 unspecified atom stereocenters. The Morgan fingerprint density at radius 3 is 2.61 bits per heavy atom. The highest BCUT2D eigenvalue weighted by Gasteiger charge is 2.29. The van der Waals surface area contributed by atoms with E-state index < -0.39 is 11.9 Å². The number of nitrogens with zero attached hydrogens (tertiary/aromatic N) is 1. The molecule has 3 aromatic carbocycles. The van der Waals surface area contributed by atoms with Crippen molar-refractivity contribution in [3.05, 3.63) is 81.8 Å². The second kappa shape index (κ2) is 10.3. The van der Waals surface area contributed by atoms with E-state index in [9.17, 15) is 14.7 Å². The molecule has 0 radical (unpaired) electrons. The summed E-state index contributed by atoms with van der Waals surface area (Å²) < 4.78 is 11.5. The van der Waals surface area contributed by atoms with Gasteiger partial charge in [0.1, 0.15) is 17.2 Å². The summed E-state index contributed by atoms with van der Waals surface area (Å²) in [6, 6.07) is 17.7. The Morgan fingerprint density at radius 2 is 1.86 bits per heavy atom. The predicted molar refractivity (Wildman–Crippen MR) is 138 cm³/mol. The molecular formula is C27H24Cl2N2O5. The van der Waals surface area contributed by atoms with E-state index in [2.05, 4.69) is 10.2 Å². The van der Waals surface area contributed by atoms with Crippen LogP contribution in [0.3, 0.4) is 0 Å². The minimum absolute atomic E-state index is 0.0383. The fraction of sp³-hybridized carbons (Fsp3) is 0.259. The monoisotopic (exact) mass is 526 g/mol. The molecule has 0 bridgehead atoms. The molecular weight excluding hydrogens is 503 g/mol. The number of ether oxygens (including phenoxy) is 2. The van der Waals surface area contributed by atoms with Crippen molar-refractivity contribution in [2.45, 2.75) is 24.8 Å². The smallest absolute Gasteiger partial charge is 0.311 e. The van der Waals surface area contributed by atoms with Crippen LogP contribution < -0.4 is 19.7 Å². The molecule has 2 aliphatic heterocycles.